The zero-order valence-electron chi connectivity index (χ0n) is 17.7. The van der Waals surface area contributed by atoms with Crippen LogP contribution < -0.4 is 15.0 Å². The second kappa shape index (κ2) is 9.16. The number of benzene rings is 3. The summed E-state index contributed by atoms with van der Waals surface area (Å²) in [6.45, 7) is 0. The maximum Gasteiger partial charge on any atom is 0.264 e. The standard InChI is InChI=1S/C25H21N3O3S/c1-27-23(29)20(15-26)25-28(21-9-5-7-17-6-3-4-8-19(17)21)24(30)22(32-25)14-16-10-12-18(31-2)13-11-16/h3-13,22H,14H2,1-2H3,(H,27,29)/b25-20+. The topological polar surface area (TPSA) is 82.4 Å². The summed E-state index contributed by atoms with van der Waals surface area (Å²) in [6, 6.07) is 23.0. The van der Waals surface area contributed by atoms with Gasteiger partial charge in [-0.25, -0.2) is 0 Å². The van der Waals surface area contributed by atoms with Crippen LogP contribution in [0.3, 0.4) is 0 Å². The third kappa shape index (κ3) is 3.93. The van der Waals surface area contributed by atoms with Crippen molar-refractivity contribution >= 4 is 40.0 Å². The molecule has 2 amide bonds. The van der Waals surface area contributed by atoms with E-state index < -0.39 is 11.2 Å². The number of anilines is 1. The van der Waals surface area contributed by atoms with E-state index in [-0.39, 0.29) is 11.5 Å². The third-order valence-corrected chi connectivity index (χ3v) is 6.58. The second-order valence-corrected chi connectivity index (χ2v) is 8.39. The number of methoxy groups -OCH3 is 1. The highest BCUT2D eigenvalue weighted by Gasteiger charge is 2.41. The minimum Gasteiger partial charge on any atom is -0.497 e. The Morgan fingerprint density at radius 3 is 2.53 bits per heavy atom. The first-order valence-corrected chi connectivity index (χ1v) is 10.9. The van der Waals surface area contributed by atoms with Crippen LogP contribution in [0, 0.1) is 11.3 Å². The lowest BCUT2D eigenvalue weighted by Crippen LogP contribution is -2.31. The molecule has 1 aliphatic rings. The molecule has 1 atom stereocenters. The molecule has 1 heterocycles. The Morgan fingerprint density at radius 1 is 1.12 bits per heavy atom. The number of likely N-dealkylation sites (N-methyl/N-ethyl adjacent to an activating group) is 1. The smallest absolute Gasteiger partial charge is 0.264 e. The van der Waals surface area contributed by atoms with Crippen molar-refractivity contribution in [1.29, 1.82) is 5.26 Å². The number of hydrogen-bond acceptors (Lipinski definition) is 5. The molecule has 1 fully saturated rings. The molecule has 3 aromatic rings. The van der Waals surface area contributed by atoms with Crippen molar-refractivity contribution in [1.82, 2.24) is 5.32 Å². The number of thioether (sulfide) groups is 1. The number of rotatable bonds is 5. The van der Waals surface area contributed by atoms with Crippen LogP contribution in [0.25, 0.3) is 10.8 Å². The summed E-state index contributed by atoms with van der Waals surface area (Å²) < 4.78 is 5.21. The fourth-order valence-corrected chi connectivity index (χ4v) is 5.01. The number of carbonyl (C=O) groups excluding carboxylic acids is 2. The zero-order chi connectivity index (χ0) is 22.7. The van der Waals surface area contributed by atoms with Gasteiger partial charge in [0, 0.05) is 12.4 Å². The largest absolute Gasteiger partial charge is 0.497 e. The monoisotopic (exact) mass is 443 g/mol. The first-order chi connectivity index (χ1) is 15.6. The van der Waals surface area contributed by atoms with Gasteiger partial charge < -0.3 is 10.1 Å². The van der Waals surface area contributed by atoms with Crippen LogP contribution >= 0.6 is 11.8 Å². The number of nitrogens with one attached hydrogen (secondary N) is 1. The Balaban J connectivity index is 1.81. The predicted molar refractivity (Wildman–Crippen MR) is 126 cm³/mol. The molecule has 32 heavy (non-hydrogen) atoms. The molecule has 3 aromatic carbocycles. The molecule has 1 saturated heterocycles. The van der Waals surface area contributed by atoms with Gasteiger partial charge in [0.05, 0.1) is 18.0 Å². The van der Waals surface area contributed by atoms with Crippen LogP contribution in [-0.4, -0.2) is 31.2 Å². The quantitative estimate of drug-likeness (QED) is 0.476. The van der Waals surface area contributed by atoms with Gasteiger partial charge in [-0.1, -0.05) is 60.3 Å². The van der Waals surface area contributed by atoms with Crippen molar-refractivity contribution in [3.05, 3.63) is 82.9 Å². The first-order valence-electron chi connectivity index (χ1n) is 10.0. The molecule has 6 nitrogen and oxygen atoms in total. The number of nitriles is 1. The molecule has 0 saturated carbocycles. The number of carbonyl (C=O) groups is 2. The number of amides is 2. The fourth-order valence-electron chi connectivity index (χ4n) is 3.71. The van der Waals surface area contributed by atoms with Crippen molar-refractivity contribution in [2.75, 3.05) is 19.1 Å². The Labute approximate surface area is 190 Å². The van der Waals surface area contributed by atoms with E-state index in [9.17, 15) is 14.9 Å². The second-order valence-electron chi connectivity index (χ2n) is 7.20. The van der Waals surface area contributed by atoms with E-state index in [4.69, 9.17) is 4.74 Å². The molecule has 7 heteroatoms. The van der Waals surface area contributed by atoms with Crippen molar-refractivity contribution in [3.63, 3.8) is 0 Å². The number of hydrogen-bond donors (Lipinski definition) is 1. The summed E-state index contributed by atoms with van der Waals surface area (Å²) in [5.74, 6) is 0.0652. The van der Waals surface area contributed by atoms with Gasteiger partial charge in [0.2, 0.25) is 5.91 Å². The van der Waals surface area contributed by atoms with Gasteiger partial charge in [0.25, 0.3) is 5.91 Å². The molecule has 4 rings (SSSR count). The average Bonchev–Trinajstić information content (AvgIpc) is 3.14. The third-order valence-electron chi connectivity index (χ3n) is 5.32. The predicted octanol–water partition coefficient (Wildman–Crippen LogP) is 4.02. The Kier molecular flexibility index (Phi) is 6.15. The van der Waals surface area contributed by atoms with Crippen molar-refractivity contribution in [2.45, 2.75) is 11.7 Å². The zero-order valence-corrected chi connectivity index (χ0v) is 18.5. The van der Waals surface area contributed by atoms with E-state index in [1.807, 2.05) is 72.8 Å². The lowest BCUT2D eigenvalue weighted by Gasteiger charge is -2.20. The Morgan fingerprint density at radius 2 is 1.84 bits per heavy atom. The van der Waals surface area contributed by atoms with Crippen molar-refractivity contribution in [2.24, 2.45) is 0 Å². The van der Waals surface area contributed by atoms with Gasteiger partial charge in [0.1, 0.15) is 22.4 Å². The van der Waals surface area contributed by atoms with Gasteiger partial charge >= 0.3 is 0 Å². The molecule has 0 aliphatic carbocycles. The number of ether oxygens (including phenoxy) is 1. The van der Waals surface area contributed by atoms with E-state index in [1.165, 1.54) is 23.7 Å². The highest BCUT2D eigenvalue weighted by atomic mass is 32.2. The minimum atomic E-state index is -0.516. The van der Waals surface area contributed by atoms with E-state index in [0.717, 1.165) is 22.1 Å². The number of fused-ring (bicyclic) bond motifs is 1. The van der Waals surface area contributed by atoms with E-state index in [0.29, 0.717) is 17.1 Å². The van der Waals surface area contributed by atoms with Gasteiger partial charge in [-0.05, 0) is 35.6 Å². The Hall–Kier alpha value is -3.76. The van der Waals surface area contributed by atoms with Crippen LogP contribution in [0.2, 0.25) is 0 Å². The lowest BCUT2D eigenvalue weighted by molar-refractivity contribution is -0.117. The Bertz CT molecular complexity index is 1260. The minimum absolute atomic E-state index is 0.0731. The molecule has 1 unspecified atom stereocenters. The van der Waals surface area contributed by atoms with E-state index in [1.54, 1.807) is 7.11 Å². The maximum absolute atomic E-state index is 13.6. The van der Waals surface area contributed by atoms with Gasteiger partial charge in [0.15, 0.2) is 0 Å². The molecule has 160 valence electrons. The van der Waals surface area contributed by atoms with E-state index >= 15 is 0 Å². The molecule has 0 bridgehead atoms. The molecule has 0 spiro atoms. The summed E-state index contributed by atoms with van der Waals surface area (Å²) in [4.78, 5) is 27.6. The fraction of sp³-hybridized carbons (Fsp3) is 0.160. The van der Waals surface area contributed by atoms with Crippen LogP contribution in [0.1, 0.15) is 5.56 Å². The summed E-state index contributed by atoms with van der Waals surface area (Å²) in [6.07, 6.45) is 0.463. The van der Waals surface area contributed by atoms with Gasteiger partial charge in [-0.15, -0.1) is 0 Å². The summed E-state index contributed by atoms with van der Waals surface area (Å²) in [5, 5.41) is 14.0. The maximum atomic E-state index is 13.6. The summed E-state index contributed by atoms with van der Waals surface area (Å²) >= 11 is 1.25. The lowest BCUT2D eigenvalue weighted by atomic mass is 10.1. The highest BCUT2D eigenvalue weighted by molar-refractivity contribution is 8.05. The van der Waals surface area contributed by atoms with Crippen LogP contribution in [0.4, 0.5) is 5.69 Å². The number of nitrogens with zero attached hydrogens (tertiary/aromatic N) is 2. The average molecular weight is 444 g/mol. The molecule has 1 aliphatic heterocycles. The molecule has 0 aromatic heterocycles. The van der Waals surface area contributed by atoms with E-state index in [2.05, 4.69) is 5.32 Å². The first kappa shape index (κ1) is 21.5. The summed E-state index contributed by atoms with van der Waals surface area (Å²) in [5.41, 5.74) is 1.55. The van der Waals surface area contributed by atoms with Crippen LogP contribution in [0.5, 0.6) is 5.75 Å². The highest BCUT2D eigenvalue weighted by Crippen LogP contribution is 2.44. The summed E-state index contributed by atoms with van der Waals surface area (Å²) in [7, 11) is 3.07. The molecule has 1 N–H and O–H groups in total. The van der Waals surface area contributed by atoms with Crippen molar-refractivity contribution in [3.8, 4) is 11.8 Å². The van der Waals surface area contributed by atoms with Gasteiger partial charge in [-0.3, -0.25) is 14.5 Å². The van der Waals surface area contributed by atoms with Crippen LogP contribution in [-0.2, 0) is 16.0 Å². The SMILES string of the molecule is CNC(=O)/C(C#N)=C1/SC(Cc2ccc(OC)cc2)C(=O)N1c1cccc2ccccc12. The molecule has 0 radical (unpaired) electrons. The molecular formula is C25H21N3O3S. The normalized spacial score (nSPS) is 17.2. The molecular weight excluding hydrogens is 422 g/mol. The van der Waals surface area contributed by atoms with Crippen LogP contribution in [0.15, 0.2) is 77.3 Å². The van der Waals surface area contributed by atoms with Crippen molar-refractivity contribution < 1.29 is 14.3 Å². The van der Waals surface area contributed by atoms with Gasteiger partial charge in [-0.2, -0.15) is 5.26 Å².